The highest BCUT2D eigenvalue weighted by Crippen LogP contribution is 2.24. The zero-order chi connectivity index (χ0) is 21.0. The van der Waals surface area contributed by atoms with Gasteiger partial charge in [0.25, 0.3) is 0 Å². The highest BCUT2D eigenvalue weighted by Gasteiger charge is 2.42. The summed E-state index contributed by atoms with van der Waals surface area (Å²) in [6, 6.07) is 8.85. The van der Waals surface area contributed by atoms with E-state index in [1.54, 1.807) is 42.6 Å². The van der Waals surface area contributed by atoms with E-state index in [0.29, 0.717) is 10.7 Å². The van der Waals surface area contributed by atoms with Crippen LogP contribution in [-0.2, 0) is 16.1 Å². The van der Waals surface area contributed by atoms with E-state index in [1.807, 2.05) is 0 Å². The Morgan fingerprint density at radius 1 is 1.21 bits per heavy atom. The van der Waals surface area contributed by atoms with Gasteiger partial charge in [0.2, 0.25) is 11.7 Å². The fourth-order valence-corrected chi connectivity index (χ4v) is 3.32. The molecule has 2 aromatic rings. The van der Waals surface area contributed by atoms with Crippen LogP contribution in [0.15, 0.2) is 47.6 Å². The largest absolute Gasteiger partial charge is 0.383 e. The zero-order valence-electron chi connectivity index (χ0n) is 16.1. The summed E-state index contributed by atoms with van der Waals surface area (Å²) in [7, 11) is 1.50. The molecule has 29 heavy (non-hydrogen) atoms. The standard InChI is InChI=1S/C21H20ClN3O4/c1-13(26)25(9-10-29-2)19-18(24-12-14-7-8-17(22)23-11-14)20(27)15-5-3-4-6-16(15)21(19)28/h3-8,11,19H,9-10,12H2,1-2H3. The van der Waals surface area contributed by atoms with Crippen LogP contribution in [-0.4, -0.2) is 59.4 Å². The van der Waals surface area contributed by atoms with Crippen molar-refractivity contribution in [3.63, 3.8) is 0 Å². The first-order valence-corrected chi connectivity index (χ1v) is 9.40. The van der Waals surface area contributed by atoms with Crippen LogP contribution in [0.2, 0.25) is 5.15 Å². The Labute approximate surface area is 173 Å². The fourth-order valence-electron chi connectivity index (χ4n) is 3.21. The van der Waals surface area contributed by atoms with Gasteiger partial charge in [-0.1, -0.05) is 41.9 Å². The SMILES string of the molecule is COCCN(C(C)=O)C1C(=O)c2ccccc2C(=O)C1=NCc1ccc(Cl)nc1. The summed E-state index contributed by atoms with van der Waals surface area (Å²) in [5, 5.41) is 0.347. The number of amides is 1. The predicted octanol–water partition coefficient (Wildman–Crippen LogP) is 2.62. The van der Waals surface area contributed by atoms with Crippen molar-refractivity contribution in [2.75, 3.05) is 20.3 Å². The first kappa shape index (κ1) is 20.8. The normalized spacial score (nSPS) is 17.3. The van der Waals surface area contributed by atoms with Gasteiger partial charge < -0.3 is 9.64 Å². The second-order valence-corrected chi connectivity index (χ2v) is 6.92. The molecule has 1 aromatic heterocycles. The lowest BCUT2D eigenvalue weighted by Crippen LogP contribution is -2.55. The topological polar surface area (TPSA) is 88.9 Å². The summed E-state index contributed by atoms with van der Waals surface area (Å²) in [6.07, 6.45) is 1.55. The molecule has 3 rings (SSSR count). The fraction of sp³-hybridized carbons (Fsp3) is 0.286. The molecule has 0 fully saturated rings. The third kappa shape index (κ3) is 4.41. The molecule has 0 saturated carbocycles. The van der Waals surface area contributed by atoms with Crippen LogP contribution in [0.25, 0.3) is 0 Å². The van der Waals surface area contributed by atoms with Gasteiger partial charge in [-0.25, -0.2) is 4.98 Å². The zero-order valence-corrected chi connectivity index (χ0v) is 16.8. The number of pyridine rings is 1. The van der Waals surface area contributed by atoms with E-state index in [1.165, 1.54) is 18.9 Å². The van der Waals surface area contributed by atoms with E-state index >= 15 is 0 Å². The minimum atomic E-state index is -1.09. The summed E-state index contributed by atoms with van der Waals surface area (Å²) in [4.78, 5) is 48.5. The van der Waals surface area contributed by atoms with Crippen molar-refractivity contribution in [2.45, 2.75) is 19.5 Å². The van der Waals surface area contributed by atoms with Gasteiger partial charge in [0.15, 0.2) is 5.78 Å². The van der Waals surface area contributed by atoms with Gasteiger partial charge in [-0.05, 0) is 11.6 Å². The maximum Gasteiger partial charge on any atom is 0.220 e. The number of carbonyl (C=O) groups is 3. The van der Waals surface area contributed by atoms with Crippen LogP contribution >= 0.6 is 11.6 Å². The Kier molecular flexibility index (Phi) is 6.51. The van der Waals surface area contributed by atoms with Crippen molar-refractivity contribution in [1.82, 2.24) is 9.88 Å². The number of benzene rings is 1. The van der Waals surface area contributed by atoms with Crippen LogP contribution in [0, 0.1) is 0 Å². The first-order valence-electron chi connectivity index (χ1n) is 9.03. The number of halogens is 1. The van der Waals surface area contributed by atoms with Crippen molar-refractivity contribution < 1.29 is 19.1 Å². The van der Waals surface area contributed by atoms with E-state index in [-0.39, 0.29) is 48.4 Å². The number of aromatic nitrogens is 1. The van der Waals surface area contributed by atoms with Crippen LogP contribution < -0.4 is 0 Å². The molecule has 0 saturated heterocycles. The van der Waals surface area contributed by atoms with Crippen molar-refractivity contribution in [3.05, 3.63) is 64.4 Å². The maximum absolute atomic E-state index is 13.2. The average molecular weight is 414 g/mol. The Bertz CT molecular complexity index is 972. The van der Waals surface area contributed by atoms with Gasteiger partial charge in [0.05, 0.1) is 13.2 Å². The van der Waals surface area contributed by atoms with Gasteiger partial charge in [0.1, 0.15) is 16.9 Å². The number of methoxy groups -OCH3 is 1. The molecule has 8 heteroatoms. The van der Waals surface area contributed by atoms with E-state index in [9.17, 15) is 14.4 Å². The van der Waals surface area contributed by atoms with Crippen molar-refractivity contribution in [3.8, 4) is 0 Å². The van der Waals surface area contributed by atoms with E-state index in [2.05, 4.69) is 9.98 Å². The number of hydrogen-bond acceptors (Lipinski definition) is 6. The minimum absolute atomic E-state index is 0.0370. The molecule has 7 nitrogen and oxygen atoms in total. The third-order valence-electron chi connectivity index (χ3n) is 4.65. The number of Topliss-reactive ketones (excluding diaryl/α,β-unsaturated/α-hetero) is 2. The molecule has 0 spiro atoms. The molecule has 1 aromatic carbocycles. The minimum Gasteiger partial charge on any atom is -0.383 e. The molecule has 0 N–H and O–H groups in total. The summed E-state index contributed by atoms with van der Waals surface area (Å²) in [5.74, 6) is -1.04. The summed E-state index contributed by atoms with van der Waals surface area (Å²) in [6.45, 7) is 1.88. The van der Waals surface area contributed by atoms with E-state index in [4.69, 9.17) is 16.3 Å². The van der Waals surface area contributed by atoms with E-state index < -0.39 is 6.04 Å². The smallest absolute Gasteiger partial charge is 0.220 e. The number of carbonyl (C=O) groups excluding carboxylic acids is 3. The second-order valence-electron chi connectivity index (χ2n) is 6.54. The molecule has 1 heterocycles. The molecule has 1 amide bonds. The number of rotatable bonds is 6. The number of ether oxygens (including phenoxy) is 1. The van der Waals surface area contributed by atoms with Crippen LogP contribution in [0.5, 0.6) is 0 Å². The molecule has 1 atom stereocenters. The lowest BCUT2D eigenvalue weighted by Gasteiger charge is -2.33. The summed E-state index contributed by atoms with van der Waals surface area (Å²) in [5.41, 5.74) is 1.34. The molecule has 0 aliphatic heterocycles. The lowest BCUT2D eigenvalue weighted by molar-refractivity contribution is -0.129. The van der Waals surface area contributed by atoms with Gasteiger partial charge in [-0.15, -0.1) is 0 Å². The maximum atomic E-state index is 13.2. The van der Waals surface area contributed by atoms with Crippen LogP contribution in [0.1, 0.15) is 33.2 Å². The van der Waals surface area contributed by atoms with Crippen molar-refractivity contribution in [1.29, 1.82) is 0 Å². The van der Waals surface area contributed by atoms with Gasteiger partial charge in [0, 0.05) is 37.9 Å². The Morgan fingerprint density at radius 2 is 1.93 bits per heavy atom. The first-order chi connectivity index (χ1) is 13.9. The molecular formula is C21H20ClN3O4. The van der Waals surface area contributed by atoms with E-state index in [0.717, 1.165) is 5.56 Å². The predicted molar refractivity (Wildman–Crippen MR) is 109 cm³/mol. The van der Waals surface area contributed by atoms with Crippen LogP contribution in [0.4, 0.5) is 0 Å². The van der Waals surface area contributed by atoms with Gasteiger partial charge in [-0.2, -0.15) is 0 Å². The highest BCUT2D eigenvalue weighted by molar-refractivity contribution is 6.55. The van der Waals surface area contributed by atoms with Gasteiger partial charge in [-0.3, -0.25) is 19.4 Å². The van der Waals surface area contributed by atoms with Crippen LogP contribution in [0.3, 0.4) is 0 Å². The number of ketones is 2. The molecule has 1 aliphatic rings. The van der Waals surface area contributed by atoms with Crippen molar-refractivity contribution in [2.24, 2.45) is 4.99 Å². The van der Waals surface area contributed by atoms with Gasteiger partial charge >= 0.3 is 0 Å². The number of aliphatic imine (C=N–C) groups is 1. The quantitative estimate of drug-likeness (QED) is 0.679. The molecule has 0 radical (unpaired) electrons. The Hall–Kier alpha value is -2.90. The third-order valence-corrected chi connectivity index (χ3v) is 4.87. The monoisotopic (exact) mass is 413 g/mol. The van der Waals surface area contributed by atoms with Crippen molar-refractivity contribution >= 4 is 34.8 Å². The second kappa shape index (κ2) is 9.07. The number of hydrogen-bond donors (Lipinski definition) is 0. The molecular weight excluding hydrogens is 394 g/mol. The average Bonchev–Trinajstić information content (AvgIpc) is 2.72. The number of nitrogens with zero attached hydrogens (tertiary/aromatic N) is 3. The molecule has 1 aliphatic carbocycles. The molecule has 0 bridgehead atoms. The highest BCUT2D eigenvalue weighted by atomic mass is 35.5. The molecule has 1 unspecified atom stereocenters. The lowest BCUT2D eigenvalue weighted by atomic mass is 9.83. The summed E-state index contributed by atoms with van der Waals surface area (Å²) >= 11 is 5.81. The summed E-state index contributed by atoms with van der Waals surface area (Å²) < 4.78 is 5.07. The Morgan fingerprint density at radius 3 is 2.55 bits per heavy atom. The molecule has 150 valence electrons. The number of fused-ring (bicyclic) bond motifs is 1. The Balaban J connectivity index is 2.06.